The van der Waals surface area contributed by atoms with E-state index in [4.69, 9.17) is 5.11 Å². The van der Waals surface area contributed by atoms with Crippen LogP contribution in [0.4, 0.5) is 4.79 Å². The molecule has 0 spiro atoms. The number of allylic oxidation sites excluding steroid dienone is 1. The van der Waals surface area contributed by atoms with Crippen LogP contribution in [-0.2, 0) is 4.79 Å². The minimum Gasteiger partial charge on any atom is -0.480 e. The van der Waals surface area contributed by atoms with Crippen molar-refractivity contribution in [1.82, 2.24) is 10.2 Å². The Morgan fingerprint density at radius 3 is 2.67 bits per heavy atom. The van der Waals surface area contributed by atoms with E-state index in [0.717, 1.165) is 19.3 Å². The van der Waals surface area contributed by atoms with Gasteiger partial charge in [-0.2, -0.15) is 0 Å². The molecule has 0 heterocycles. The quantitative estimate of drug-likeness (QED) is 0.736. The zero-order chi connectivity index (χ0) is 13.5. The number of hydrogen-bond donors (Lipinski definition) is 2. The van der Waals surface area contributed by atoms with Crippen LogP contribution in [0.1, 0.15) is 33.1 Å². The SMILES string of the molecule is CC(C)CN(CC(=O)O)C(=O)NC1CC=CCC1. The summed E-state index contributed by atoms with van der Waals surface area (Å²) in [6.45, 7) is 4.14. The highest BCUT2D eigenvalue weighted by atomic mass is 16.4. The molecule has 102 valence electrons. The fraction of sp³-hybridized carbons (Fsp3) is 0.692. The molecule has 0 saturated carbocycles. The summed E-state index contributed by atoms with van der Waals surface area (Å²) in [6.07, 6.45) is 6.87. The molecule has 1 aliphatic rings. The molecule has 0 aromatic heterocycles. The summed E-state index contributed by atoms with van der Waals surface area (Å²) in [5, 5.41) is 11.7. The topological polar surface area (TPSA) is 69.6 Å². The molecule has 1 unspecified atom stereocenters. The van der Waals surface area contributed by atoms with Gasteiger partial charge in [-0.25, -0.2) is 4.79 Å². The number of carbonyl (C=O) groups is 2. The predicted octanol–water partition coefficient (Wildman–Crippen LogP) is 1.85. The highest BCUT2D eigenvalue weighted by Gasteiger charge is 2.20. The van der Waals surface area contributed by atoms with Crippen LogP contribution in [0.2, 0.25) is 0 Å². The lowest BCUT2D eigenvalue weighted by molar-refractivity contribution is -0.137. The first kappa shape index (κ1) is 14.5. The average Bonchev–Trinajstić information content (AvgIpc) is 2.28. The van der Waals surface area contributed by atoms with Gasteiger partial charge in [-0.1, -0.05) is 26.0 Å². The Bertz CT molecular complexity index is 326. The highest BCUT2D eigenvalue weighted by Crippen LogP contribution is 2.11. The number of aliphatic carboxylic acids is 1. The number of carbonyl (C=O) groups excluding carboxylic acids is 1. The van der Waals surface area contributed by atoms with Gasteiger partial charge in [-0.15, -0.1) is 0 Å². The van der Waals surface area contributed by atoms with E-state index in [1.165, 1.54) is 4.90 Å². The molecule has 1 atom stereocenters. The van der Waals surface area contributed by atoms with Crippen molar-refractivity contribution in [2.45, 2.75) is 39.2 Å². The number of carboxylic acids is 1. The van der Waals surface area contributed by atoms with Gasteiger partial charge < -0.3 is 15.3 Å². The smallest absolute Gasteiger partial charge is 0.323 e. The summed E-state index contributed by atoms with van der Waals surface area (Å²) in [6, 6.07) is -0.141. The van der Waals surface area contributed by atoms with E-state index in [1.807, 2.05) is 13.8 Å². The molecule has 0 fully saturated rings. The highest BCUT2D eigenvalue weighted by molar-refractivity contribution is 5.80. The Morgan fingerprint density at radius 1 is 1.44 bits per heavy atom. The van der Waals surface area contributed by atoms with Crippen LogP contribution in [0.15, 0.2) is 12.2 Å². The molecular formula is C13H22N2O3. The van der Waals surface area contributed by atoms with Gasteiger partial charge in [0, 0.05) is 12.6 Å². The van der Waals surface area contributed by atoms with Gasteiger partial charge in [0.2, 0.25) is 0 Å². The average molecular weight is 254 g/mol. The van der Waals surface area contributed by atoms with Crippen molar-refractivity contribution < 1.29 is 14.7 Å². The molecule has 0 aliphatic heterocycles. The van der Waals surface area contributed by atoms with E-state index in [1.54, 1.807) is 0 Å². The number of carboxylic acid groups (broad SMARTS) is 1. The van der Waals surface area contributed by atoms with Crippen LogP contribution in [0.5, 0.6) is 0 Å². The number of nitrogens with zero attached hydrogens (tertiary/aromatic N) is 1. The van der Waals surface area contributed by atoms with Crippen molar-refractivity contribution in [3.63, 3.8) is 0 Å². The Kier molecular flexibility index (Phi) is 5.68. The fourth-order valence-electron chi connectivity index (χ4n) is 2.01. The van der Waals surface area contributed by atoms with Crippen molar-refractivity contribution in [3.05, 3.63) is 12.2 Å². The van der Waals surface area contributed by atoms with Crippen LogP contribution in [0.25, 0.3) is 0 Å². The summed E-state index contributed by atoms with van der Waals surface area (Å²) in [5.41, 5.74) is 0. The second-order valence-electron chi connectivity index (χ2n) is 5.10. The minimum absolute atomic E-state index is 0.131. The molecule has 5 nitrogen and oxygen atoms in total. The number of rotatable bonds is 5. The van der Waals surface area contributed by atoms with Gasteiger partial charge in [-0.3, -0.25) is 4.79 Å². The van der Waals surface area contributed by atoms with E-state index in [0.29, 0.717) is 6.54 Å². The first-order valence-electron chi connectivity index (χ1n) is 6.41. The van der Waals surface area contributed by atoms with Crippen LogP contribution >= 0.6 is 0 Å². The molecular weight excluding hydrogens is 232 g/mol. The lowest BCUT2D eigenvalue weighted by Crippen LogP contribution is -2.48. The maximum absolute atomic E-state index is 12.0. The summed E-state index contributed by atoms with van der Waals surface area (Å²) in [7, 11) is 0. The summed E-state index contributed by atoms with van der Waals surface area (Å²) in [5.74, 6) is -0.726. The lowest BCUT2D eigenvalue weighted by Gasteiger charge is -2.27. The molecule has 1 aliphatic carbocycles. The van der Waals surface area contributed by atoms with Crippen molar-refractivity contribution >= 4 is 12.0 Å². The second kappa shape index (κ2) is 7.03. The third kappa shape index (κ3) is 5.21. The largest absolute Gasteiger partial charge is 0.480 e. The van der Waals surface area contributed by atoms with E-state index in [9.17, 15) is 9.59 Å². The van der Waals surface area contributed by atoms with Gasteiger partial charge >= 0.3 is 12.0 Å². The fourth-order valence-corrected chi connectivity index (χ4v) is 2.01. The summed E-state index contributed by atoms with van der Waals surface area (Å²) < 4.78 is 0. The Balaban J connectivity index is 2.51. The van der Waals surface area contributed by atoms with Crippen LogP contribution in [0, 0.1) is 5.92 Å². The first-order chi connectivity index (χ1) is 8.49. The van der Waals surface area contributed by atoms with Gasteiger partial charge in [-0.05, 0) is 25.2 Å². The molecule has 0 radical (unpaired) electrons. The molecule has 2 N–H and O–H groups in total. The Morgan fingerprint density at radius 2 is 2.17 bits per heavy atom. The Hall–Kier alpha value is -1.52. The predicted molar refractivity (Wildman–Crippen MR) is 69.4 cm³/mol. The monoisotopic (exact) mass is 254 g/mol. The van der Waals surface area contributed by atoms with Crippen LogP contribution in [-0.4, -0.2) is 41.1 Å². The normalized spacial score (nSPS) is 18.7. The molecule has 0 aromatic rings. The molecule has 18 heavy (non-hydrogen) atoms. The zero-order valence-electron chi connectivity index (χ0n) is 11.1. The molecule has 1 rings (SSSR count). The maximum atomic E-state index is 12.0. The first-order valence-corrected chi connectivity index (χ1v) is 6.41. The van der Waals surface area contributed by atoms with Gasteiger partial charge in [0.25, 0.3) is 0 Å². The van der Waals surface area contributed by atoms with E-state index in [-0.39, 0.29) is 24.5 Å². The molecule has 0 bridgehead atoms. The number of hydrogen-bond acceptors (Lipinski definition) is 2. The van der Waals surface area contributed by atoms with E-state index < -0.39 is 5.97 Å². The van der Waals surface area contributed by atoms with Gasteiger partial charge in [0.05, 0.1) is 0 Å². The maximum Gasteiger partial charge on any atom is 0.323 e. The number of nitrogens with one attached hydrogen (secondary N) is 1. The zero-order valence-corrected chi connectivity index (χ0v) is 11.1. The molecule has 0 saturated heterocycles. The van der Waals surface area contributed by atoms with Crippen molar-refractivity contribution in [1.29, 1.82) is 0 Å². The number of amides is 2. The molecule has 2 amide bonds. The third-order valence-corrected chi connectivity index (χ3v) is 2.80. The van der Waals surface area contributed by atoms with Crippen molar-refractivity contribution in [2.75, 3.05) is 13.1 Å². The van der Waals surface area contributed by atoms with E-state index >= 15 is 0 Å². The van der Waals surface area contributed by atoms with Crippen molar-refractivity contribution in [3.8, 4) is 0 Å². The lowest BCUT2D eigenvalue weighted by atomic mass is 10.0. The minimum atomic E-state index is -0.977. The second-order valence-corrected chi connectivity index (χ2v) is 5.10. The molecule has 0 aromatic carbocycles. The third-order valence-electron chi connectivity index (χ3n) is 2.80. The van der Waals surface area contributed by atoms with Gasteiger partial charge in [0.15, 0.2) is 0 Å². The summed E-state index contributed by atoms with van der Waals surface area (Å²) >= 11 is 0. The number of urea groups is 1. The molecule has 5 heteroatoms. The van der Waals surface area contributed by atoms with E-state index in [2.05, 4.69) is 17.5 Å². The van der Waals surface area contributed by atoms with Crippen LogP contribution in [0.3, 0.4) is 0 Å². The van der Waals surface area contributed by atoms with Crippen LogP contribution < -0.4 is 5.32 Å². The van der Waals surface area contributed by atoms with Crippen molar-refractivity contribution in [2.24, 2.45) is 5.92 Å². The Labute approximate surface area is 108 Å². The standard InChI is InChI=1S/C13H22N2O3/c1-10(2)8-15(9-12(16)17)13(18)14-11-6-4-3-5-7-11/h3-4,10-11H,5-9H2,1-2H3,(H,14,18)(H,16,17). The summed E-state index contributed by atoms with van der Waals surface area (Å²) in [4.78, 5) is 24.1. The van der Waals surface area contributed by atoms with Gasteiger partial charge in [0.1, 0.15) is 6.54 Å².